The van der Waals surface area contributed by atoms with E-state index in [0.717, 1.165) is 29.0 Å². The van der Waals surface area contributed by atoms with Gasteiger partial charge in [0.2, 0.25) is 0 Å². The van der Waals surface area contributed by atoms with Crippen LogP contribution in [0.15, 0.2) is 44.2 Å². The maximum atomic E-state index is 5.36. The highest BCUT2D eigenvalue weighted by molar-refractivity contribution is 9.10. The molecule has 3 nitrogen and oxygen atoms in total. The fraction of sp³-hybridized carbons (Fsp3) is 0.333. The molecule has 1 unspecified atom stereocenters. The molecule has 0 aromatic carbocycles. The lowest BCUT2D eigenvalue weighted by molar-refractivity contribution is 0.448. The first kappa shape index (κ1) is 11.5. The maximum absolute atomic E-state index is 5.36. The highest BCUT2D eigenvalue weighted by Gasteiger charge is 2.17. The lowest BCUT2D eigenvalue weighted by Crippen LogP contribution is -2.22. The van der Waals surface area contributed by atoms with E-state index in [9.17, 15) is 0 Å². The molecule has 2 aromatic rings. The standard InChI is InChI=1S/C12H14BrNO2/c1-2-14-11(8-9-4-3-6-15-9)10-5-7-16-12(10)13/h3-7,11,14H,2,8H2,1H3. The SMILES string of the molecule is CCNC(Cc1ccco1)c1ccoc1Br. The van der Waals surface area contributed by atoms with Gasteiger partial charge in [0.15, 0.2) is 4.67 Å². The first-order valence-electron chi connectivity index (χ1n) is 5.30. The van der Waals surface area contributed by atoms with Crippen LogP contribution in [0.2, 0.25) is 0 Å². The van der Waals surface area contributed by atoms with Crippen LogP contribution in [0.1, 0.15) is 24.3 Å². The van der Waals surface area contributed by atoms with Crippen molar-refractivity contribution in [3.05, 3.63) is 46.7 Å². The van der Waals surface area contributed by atoms with Crippen LogP contribution in [0.3, 0.4) is 0 Å². The molecule has 0 saturated carbocycles. The molecule has 0 aliphatic carbocycles. The number of rotatable bonds is 5. The van der Waals surface area contributed by atoms with E-state index in [0.29, 0.717) is 0 Å². The molecule has 86 valence electrons. The second kappa shape index (κ2) is 5.37. The fourth-order valence-electron chi connectivity index (χ4n) is 1.72. The topological polar surface area (TPSA) is 38.3 Å². The predicted molar refractivity (Wildman–Crippen MR) is 65.2 cm³/mol. The Morgan fingerprint density at radius 3 is 2.75 bits per heavy atom. The highest BCUT2D eigenvalue weighted by Crippen LogP contribution is 2.27. The van der Waals surface area contributed by atoms with Gasteiger partial charge in [-0.05, 0) is 40.7 Å². The van der Waals surface area contributed by atoms with Crippen LogP contribution in [0.25, 0.3) is 0 Å². The zero-order valence-corrected chi connectivity index (χ0v) is 10.7. The van der Waals surface area contributed by atoms with Crippen molar-refractivity contribution in [3.8, 4) is 0 Å². The van der Waals surface area contributed by atoms with Gasteiger partial charge in [-0.3, -0.25) is 0 Å². The van der Waals surface area contributed by atoms with E-state index in [-0.39, 0.29) is 6.04 Å². The number of halogens is 1. The molecular formula is C12H14BrNO2. The smallest absolute Gasteiger partial charge is 0.173 e. The summed E-state index contributed by atoms with van der Waals surface area (Å²) in [4.78, 5) is 0. The van der Waals surface area contributed by atoms with E-state index in [1.54, 1.807) is 12.5 Å². The molecule has 16 heavy (non-hydrogen) atoms. The summed E-state index contributed by atoms with van der Waals surface area (Å²) in [7, 11) is 0. The second-order valence-electron chi connectivity index (χ2n) is 3.54. The number of nitrogens with one attached hydrogen (secondary N) is 1. The Morgan fingerprint density at radius 2 is 2.19 bits per heavy atom. The molecular weight excluding hydrogens is 270 g/mol. The number of furan rings is 2. The molecule has 0 fully saturated rings. The van der Waals surface area contributed by atoms with Crippen molar-refractivity contribution in [2.75, 3.05) is 6.54 Å². The van der Waals surface area contributed by atoms with Gasteiger partial charge in [0, 0.05) is 18.0 Å². The molecule has 2 rings (SSSR count). The van der Waals surface area contributed by atoms with Crippen molar-refractivity contribution in [1.82, 2.24) is 5.32 Å². The van der Waals surface area contributed by atoms with Gasteiger partial charge in [0.1, 0.15) is 5.76 Å². The summed E-state index contributed by atoms with van der Waals surface area (Å²) < 4.78 is 11.4. The van der Waals surface area contributed by atoms with Crippen LogP contribution in [0.4, 0.5) is 0 Å². The zero-order valence-electron chi connectivity index (χ0n) is 9.07. The van der Waals surface area contributed by atoms with E-state index in [2.05, 4.69) is 28.2 Å². The van der Waals surface area contributed by atoms with E-state index >= 15 is 0 Å². The minimum Gasteiger partial charge on any atom is -0.469 e. The Bertz CT molecular complexity index is 422. The van der Waals surface area contributed by atoms with Crippen LogP contribution in [0.5, 0.6) is 0 Å². The van der Waals surface area contributed by atoms with Gasteiger partial charge in [-0.15, -0.1) is 0 Å². The third-order valence-electron chi connectivity index (χ3n) is 2.46. The molecule has 0 saturated heterocycles. The Morgan fingerprint density at radius 1 is 1.31 bits per heavy atom. The quantitative estimate of drug-likeness (QED) is 0.912. The Labute approximate surface area is 103 Å². The third-order valence-corrected chi connectivity index (χ3v) is 3.10. The number of hydrogen-bond donors (Lipinski definition) is 1. The Balaban J connectivity index is 2.14. The maximum Gasteiger partial charge on any atom is 0.173 e. The average Bonchev–Trinajstić information content (AvgIpc) is 2.88. The van der Waals surface area contributed by atoms with Crippen molar-refractivity contribution >= 4 is 15.9 Å². The van der Waals surface area contributed by atoms with Crippen molar-refractivity contribution in [3.63, 3.8) is 0 Å². The van der Waals surface area contributed by atoms with E-state index in [4.69, 9.17) is 8.83 Å². The van der Waals surface area contributed by atoms with Crippen LogP contribution in [0, 0.1) is 0 Å². The summed E-state index contributed by atoms with van der Waals surface area (Å²) in [6.07, 6.45) is 4.20. The van der Waals surface area contributed by atoms with Gasteiger partial charge in [0.25, 0.3) is 0 Å². The Kier molecular flexibility index (Phi) is 3.85. The minimum atomic E-state index is 0.212. The molecule has 0 amide bonds. The lowest BCUT2D eigenvalue weighted by Gasteiger charge is -2.15. The molecule has 0 aliphatic rings. The molecule has 1 N–H and O–H groups in total. The average molecular weight is 284 g/mol. The van der Waals surface area contributed by atoms with Crippen molar-refractivity contribution in [1.29, 1.82) is 0 Å². The van der Waals surface area contributed by atoms with E-state index < -0.39 is 0 Å². The molecule has 0 bridgehead atoms. The third kappa shape index (κ3) is 2.57. The van der Waals surface area contributed by atoms with Crippen molar-refractivity contribution < 1.29 is 8.83 Å². The summed E-state index contributed by atoms with van der Waals surface area (Å²) in [5.41, 5.74) is 1.12. The van der Waals surface area contributed by atoms with Gasteiger partial charge in [-0.25, -0.2) is 0 Å². The summed E-state index contributed by atoms with van der Waals surface area (Å²) in [6.45, 7) is 2.99. The molecule has 2 aromatic heterocycles. The van der Waals surface area contributed by atoms with Crippen LogP contribution >= 0.6 is 15.9 Å². The number of likely N-dealkylation sites (N-methyl/N-ethyl adjacent to an activating group) is 1. The molecule has 4 heteroatoms. The fourth-order valence-corrected chi connectivity index (χ4v) is 2.24. The van der Waals surface area contributed by atoms with Gasteiger partial charge < -0.3 is 14.2 Å². The van der Waals surface area contributed by atoms with Crippen molar-refractivity contribution in [2.45, 2.75) is 19.4 Å². The van der Waals surface area contributed by atoms with Crippen LogP contribution in [-0.2, 0) is 6.42 Å². The molecule has 0 aliphatic heterocycles. The van der Waals surface area contributed by atoms with Crippen LogP contribution < -0.4 is 5.32 Å². The molecule has 0 radical (unpaired) electrons. The summed E-state index contributed by atoms with van der Waals surface area (Å²) in [6, 6.07) is 6.07. The highest BCUT2D eigenvalue weighted by atomic mass is 79.9. The minimum absolute atomic E-state index is 0.212. The van der Waals surface area contributed by atoms with Gasteiger partial charge >= 0.3 is 0 Å². The first-order valence-corrected chi connectivity index (χ1v) is 6.09. The molecule has 2 heterocycles. The van der Waals surface area contributed by atoms with E-state index in [1.165, 1.54) is 0 Å². The first-order chi connectivity index (χ1) is 7.81. The summed E-state index contributed by atoms with van der Waals surface area (Å²) in [5.74, 6) is 0.971. The normalized spacial score (nSPS) is 12.9. The van der Waals surface area contributed by atoms with Gasteiger partial charge in [0.05, 0.1) is 12.5 Å². The molecule has 0 spiro atoms. The van der Waals surface area contributed by atoms with Crippen molar-refractivity contribution in [2.24, 2.45) is 0 Å². The molecule has 1 atom stereocenters. The summed E-state index contributed by atoms with van der Waals surface area (Å²) in [5, 5.41) is 3.41. The van der Waals surface area contributed by atoms with Gasteiger partial charge in [-0.2, -0.15) is 0 Å². The Hall–Kier alpha value is -1.00. The lowest BCUT2D eigenvalue weighted by atomic mass is 10.1. The number of hydrogen-bond acceptors (Lipinski definition) is 3. The largest absolute Gasteiger partial charge is 0.469 e. The monoisotopic (exact) mass is 283 g/mol. The van der Waals surface area contributed by atoms with E-state index in [1.807, 2.05) is 18.2 Å². The van der Waals surface area contributed by atoms with Gasteiger partial charge in [-0.1, -0.05) is 6.92 Å². The predicted octanol–water partition coefficient (Wildman–Crippen LogP) is 3.53. The summed E-state index contributed by atoms with van der Waals surface area (Å²) >= 11 is 3.40. The van der Waals surface area contributed by atoms with Crippen LogP contribution in [-0.4, -0.2) is 6.54 Å². The zero-order chi connectivity index (χ0) is 11.4. The second-order valence-corrected chi connectivity index (χ2v) is 4.26.